The van der Waals surface area contributed by atoms with Gasteiger partial charge < -0.3 is 15.0 Å². The highest BCUT2D eigenvalue weighted by molar-refractivity contribution is 5.87. The second kappa shape index (κ2) is 9.27. The van der Waals surface area contributed by atoms with E-state index in [0.717, 1.165) is 11.1 Å². The molecular formula is C20H22N2O3. The van der Waals surface area contributed by atoms with Crippen molar-refractivity contribution in [2.45, 2.75) is 19.6 Å². The normalized spacial score (nSPS) is 11.2. The molecule has 1 atom stereocenters. The summed E-state index contributed by atoms with van der Waals surface area (Å²) in [6.45, 7) is 5.64. The van der Waals surface area contributed by atoms with Crippen LogP contribution in [0.5, 0.6) is 0 Å². The van der Waals surface area contributed by atoms with E-state index < -0.39 is 6.09 Å². The van der Waals surface area contributed by atoms with Crippen LogP contribution in [-0.4, -0.2) is 23.6 Å². The van der Waals surface area contributed by atoms with Gasteiger partial charge in [-0.3, -0.25) is 4.79 Å². The summed E-state index contributed by atoms with van der Waals surface area (Å²) in [5.41, 5.74) is 1.87. The van der Waals surface area contributed by atoms with Crippen molar-refractivity contribution >= 4 is 12.0 Å². The highest BCUT2D eigenvalue weighted by atomic mass is 16.5. The van der Waals surface area contributed by atoms with Crippen molar-refractivity contribution in [3.8, 4) is 0 Å². The van der Waals surface area contributed by atoms with Crippen LogP contribution in [0.1, 0.15) is 24.1 Å². The summed E-state index contributed by atoms with van der Waals surface area (Å²) < 4.78 is 5.16. The fourth-order valence-electron chi connectivity index (χ4n) is 2.36. The number of carbonyl (C=O) groups excluding carboxylic acids is 2. The van der Waals surface area contributed by atoms with Crippen LogP contribution in [0.4, 0.5) is 4.79 Å². The molecule has 0 heterocycles. The number of benzene rings is 2. The molecule has 0 radical (unpaired) electrons. The third-order valence-corrected chi connectivity index (χ3v) is 3.81. The van der Waals surface area contributed by atoms with E-state index in [1.165, 1.54) is 11.0 Å². The molecule has 25 heavy (non-hydrogen) atoms. The molecule has 0 unspecified atom stereocenters. The molecule has 1 N–H and O–H groups in total. The summed E-state index contributed by atoms with van der Waals surface area (Å²) in [7, 11) is 0. The molecule has 5 nitrogen and oxygen atoms in total. The molecule has 0 spiro atoms. The summed E-state index contributed by atoms with van der Waals surface area (Å²) in [5, 5.41) is 2.62. The fraction of sp³-hybridized carbons (Fsp3) is 0.200. The lowest BCUT2D eigenvalue weighted by atomic mass is 10.1. The molecule has 2 aromatic carbocycles. The zero-order valence-corrected chi connectivity index (χ0v) is 14.2. The molecule has 0 fully saturated rings. The van der Waals surface area contributed by atoms with Crippen molar-refractivity contribution < 1.29 is 14.3 Å². The van der Waals surface area contributed by atoms with Gasteiger partial charge in [0.05, 0.1) is 12.7 Å². The van der Waals surface area contributed by atoms with Crippen molar-refractivity contribution in [1.82, 2.24) is 10.2 Å². The van der Waals surface area contributed by atoms with E-state index in [1.54, 1.807) is 0 Å². The molecule has 0 saturated heterocycles. The average Bonchev–Trinajstić information content (AvgIpc) is 2.67. The Labute approximate surface area is 147 Å². The van der Waals surface area contributed by atoms with Crippen LogP contribution in [0.3, 0.4) is 0 Å². The molecule has 0 saturated carbocycles. The van der Waals surface area contributed by atoms with E-state index >= 15 is 0 Å². The van der Waals surface area contributed by atoms with Crippen LogP contribution >= 0.6 is 0 Å². The van der Waals surface area contributed by atoms with Crippen LogP contribution in [0.15, 0.2) is 73.3 Å². The Bertz CT molecular complexity index is 701. The fourth-order valence-corrected chi connectivity index (χ4v) is 2.36. The number of alkyl carbamates (subject to hydrolysis) is 1. The predicted octanol–water partition coefficient (Wildman–Crippen LogP) is 3.65. The maximum atomic E-state index is 12.1. The minimum atomic E-state index is -0.578. The van der Waals surface area contributed by atoms with E-state index in [9.17, 15) is 9.59 Å². The lowest BCUT2D eigenvalue weighted by molar-refractivity contribution is -0.128. The van der Waals surface area contributed by atoms with Gasteiger partial charge in [-0.1, -0.05) is 67.2 Å². The van der Waals surface area contributed by atoms with Gasteiger partial charge in [0, 0.05) is 0 Å². The van der Waals surface area contributed by atoms with Gasteiger partial charge in [0.25, 0.3) is 0 Å². The number of hydrogen-bond acceptors (Lipinski definition) is 3. The molecule has 0 aliphatic heterocycles. The standard InChI is InChI=1S/C20H22N2O3/c1-3-19(23)22(16(2)18-12-8-5-9-13-18)15-21-20(24)25-14-17-10-6-4-7-11-17/h3-13,16H,1,14-15H2,2H3,(H,21,24)/t16-/m0/s1. The monoisotopic (exact) mass is 338 g/mol. The Balaban J connectivity index is 1.92. The van der Waals surface area contributed by atoms with E-state index in [-0.39, 0.29) is 25.2 Å². The Kier molecular flexibility index (Phi) is 6.77. The van der Waals surface area contributed by atoms with Crippen molar-refractivity contribution in [1.29, 1.82) is 0 Å². The first-order valence-electron chi connectivity index (χ1n) is 8.04. The maximum absolute atomic E-state index is 12.1. The Morgan fingerprint density at radius 1 is 1.12 bits per heavy atom. The van der Waals surface area contributed by atoms with Crippen LogP contribution in [0.2, 0.25) is 0 Å². The smallest absolute Gasteiger partial charge is 0.408 e. The van der Waals surface area contributed by atoms with Crippen LogP contribution in [-0.2, 0) is 16.1 Å². The van der Waals surface area contributed by atoms with Crippen molar-refractivity contribution in [2.24, 2.45) is 0 Å². The topological polar surface area (TPSA) is 58.6 Å². The molecule has 0 aliphatic rings. The van der Waals surface area contributed by atoms with Crippen molar-refractivity contribution in [3.63, 3.8) is 0 Å². The van der Waals surface area contributed by atoms with Gasteiger partial charge in [-0.25, -0.2) is 4.79 Å². The first-order valence-corrected chi connectivity index (χ1v) is 8.04. The Hall–Kier alpha value is -3.08. The zero-order valence-electron chi connectivity index (χ0n) is 14.2. The SMILES string of the molecule is C=CC(=O)N(CNC(=O)OCc1ccccc1)[C@@H](C)c1ccccc1. The number of nitrogens with zero attached hydrogens (tertiary/aromatic N) is 1. The van der Waals surface area contributed by atoms with Gasteiger partial charge in [0.1, 0.15) is 6.61 Å². The first kappa shape index (κ1) is 18.3. The largest absolute Gasteiger partial charge is 0.445 e. The van der Waals surface area contributed by atoms with E-state index in [0.29, 0.717) is 0 Å². The third-order valence-electron chi connectivity index (χ3n) is 3.81. The van der Waals surface area contributed by atoms with Gasteiger partial charge >= 0.3 is 6.09 Å². The van der Waals surface area contributed by atoms with Gasteiger partial charge in [-0.15, -0.1) is 0 Å². The van der Waals surface area contributed by atoms with Crippen molar-refractivity contribution in [3.05, 3.63) is 84.4 Å². The van der Waals surface area contributed by atoms with Gasteiger partial charge in [0.2, 0.25) is 5.91 Å². The number of nitrogens with one attached hydrogen (secondary N) is 1. The van der Waals surface area contributed by atoms with Crippen LogP contribution in [0.25, 0.3) is 0 Å². The summed E-state index contributed by atoms with van der Waals surface area (Å²) in [5.74, 6) is -0.264. The lowest BCUT2D eigenvalue weighted by Gasteiger charge is -2.28. The molecule has 0 bridgehead atoms. The molecule has 0 aliphatic carbocycles. The summed E-state index contributed by atoms with van der Waals surface area (Å²) in [4.78, 5) is 25.5. The minimum Gasteiger partial charge on any atom is -0.445 e. The van der Waals surface area contributed by atoms with Crippen molar-refractivity contribution in [2.75, 3.05) is 6.67 Å². The molecule has 0 aromatic heterocycles. The second-order valence-corrected chi connectivity index (χ2v) is 5.50. The van der Waals surface area contributed by atoms with E-state index in [4.69, 9.17) is 4.74 Å². The zero-order chi connectivity index (χ0) is 18.1. The summed E-state index contributed by atoms with van der Waals surface area (Å²) in [6, 6.07) is 18.8. The van der Waals surface area contributed by atoms with Gasteiger partial charge in [-0.2, -0.15) is 0 Å². The lowest BCUT2D eigenvalue weighted by Crippen LogP contribution is -2.42. The number of hydrogen-bond donors (Lipinski definition) is 1. The van der Waals surface area contributed by atoms with Crippen LogP contribution < -0.4 is 5.32 Å². The molecular weight excluding hydrogens is 316 g/mol. The number of ether oxygens (including phenoxy) is 1. The molecule has 2 amide bonds. The van der Waals surface area contributed by atoms with Crippen LogP contribution in [0, 0.1) is 0 Å². The second-order valence-electron chi connectivity index (χ2n) is 5.50. The van der Waals surface area contributed by atoms with E-state index in [2.05, 4.69) is 11.9 Å². The number of carbonyl (C=O) groups is 2. The van der Waals surface area contributed by atoms with Gasteiger partial charge in [0.15, 0.2) is 0 Å². The highest BCUT2D eigenvalue weighted by Crippen LogP contribution is 2.19. The molecule has 2 aromatic rings. The minimum absolute atomic E-state index is 0.0362. The molecule has 130 valence electrons. The summed E-state index contributed by atoms with van der Waals surface area (Å²) >= 11 is 0. The average molecular weight is 338 g/mol. The predicted molar refractivity (Wildman–Crippen MR) is 96.5 cm³/mol. The third kappa shape index (κ3) is 5.49. The number of amides is 2. The molecule has 2 rings (SSSR count). The summed E-state index contributed by atoms with van der Waals surface area (Å²) in [6.07, 6.45) is 0.655. The highest BCUT2D eigenvalue weighted by Gasteiger charge is 2.20. The number of rotatable bonds is 7. The maximum Gasteiger partial charge on any atom is 0.408 e. The van der Waals surface area contributed by atoms with Gasteiger partial charge in [-0.05, 0) is 24.1 Å². The quantitative estimate of drug-likeness (QED) is 0.619. The first-order chi connectivity index (χ1) is 12.1. The Morgan fingerprint density at radius 2 is 1.72 bits per heavy atom. The Morgan fingerprint density at radius 3 is 2.32 bits per heavy atom. The molecule has 5 heteroatoms. The van der Waals surface area contributed by atoms with E-state index in [1.807, 2.05) is 67.6 Å².